The van der Waals surface area contributed by atoms with Gasteiger partial charge in [-0.25, -0.2) is 0 Å². The van der Waals surface area contributed by atoms with Gasteiger partial charge >= 0.3 is 0 Å². The zero-order valence-electron chi connectivity index (χ0n) is 11.6. The quantitative estimate of drug-likeness (QED) is 0.487. The lowest BCUT2D eigenvalue weighted by Crippen LogP contribution is -2.23. The van der Waals surface area contributed by atoms with Gasteiger partial charge in [0.25, 0.3) is 0 Å². The predicted molar refractivity (Wildman–Crippen MR) is 94.5 cm³/mol. The van der Waals surface area contributed by atoms with Gasteiger partial charge in [-0.3, -0.25) is 0 Å². The van der Waals surface area contributed by atoms with Crippen LogP contribution in [0.4, 0.5) is 0 Å². The van der Waals surface area contributed by atoms with Gasteiger partial charge in [0.15, 0.2) is 0 Å². The summed E-state index contributed by atoms with van der Waals surface area (Å²) in [5.41, 5.74) is 3.46. The Hall–Kier alpha value is -1.91. The predicted octanol–water partition coefficient (Wildman–Crippen LogP) is 4.57. The Bertz CT molecular complexity index is 932. The SMILES string of the molecule is N/N=C1\c2cccc3cccc(c23)C12Sc1ccccc1S2. The number of hydrogen-bond acceptors (Lipinski definition) is 4. The average molecular weight is 320 g/mol. The molecule has 1 spiro atoms. The highest BCUT2D eigenvalue weighted by molar-refractivity contribution is 8.21. The lowest BCUT2D eigenvalue weighted by Gasteiger charge is -2.23. The second-order valence-electron chi connectivity index (χ2n) is 5.45. The van der Waals surface area contributed by atoms with E-state index in [1.165, 1.54) is 31.7 Å². The third kappa shape index (κ3) is 1.42. The summed E-state index contributed by atoms with van der Waals surface area (Å²) in [7, 11) is 0. The average Bonchev–Trinajstić information content (AvgIpc) is 3.06. The fraction of sp³-hybridized carbons (Fsp3) is 0.0556. The first-order valence-electron chi connectivity index (χ1n) is 7.11. The topological polar surface area (TPSA) is 38.4 Å². The van der Waals surface area contributed by atoms with Crippen molar-refractivity contribution in [1.29, 1.82) is 0 Å². The fourth-order valence-electron chi connectivity index (χ4n) is 3.43. The molecule has 0 saturated heterocycles. The number of nitrogens with two attached hydrogens (primary N) is 1. The molecule has 22 heavy (non-hydrogen) atoms. The third-order valence-corrected chi connectivity index (χ3v) is 7.49. The van der Waals surface area contributed by atoms with E-state index >= 15 is 0 Å². The maximum atomic E-state index is 5.84. The number of rotatable bonds is 0. The van der Waals surface area contributed by atoms with Crippen molar-refractivity contribution in [3.05, 3.63) is 71.8 Å². The van der Waals surface area contributed by atoms with Crippen LogP contribution in [-0.4, -0.2) is 5.71 Å². The van der Waals surface area contributed by atoms with Gasteiger partial charge in [0.05, 0.1) is 5.71 Å². The van der Waals surface area contributed by atoms with E-state index in [-0.39, 0.29) is 4.08 Å². The molecule has 0 unspecified atom stereocenters. The van der Waals surface area contributed by atoms with Gasteiger partial charge in [-0.1, -0.05) is 72.1 Å². The fourth-order valence-corrected chi connectivity index (χ4v) is 6.71. The zero-order valence-corrected chi connectivity index (χ0v) is 13.2. The van der Waals surface area contributed by atoms with Crippen LogP contribution in [0.5, 0.6) is 0 Å². The van der Waals surface area contributed by atoms with E-state index in [0.717, 1.165) is 5.71 Å². The second-order valence-corrected chi connectivity index (χ2v) is 8.23. The van der Waals surface area contributed by atoms with E-state index in [1.54, 1.807) is 0 Å². The highest BCUT2D eigenvalue weighted by atomic mass is 32.2. The highest BCUT2D eigenvalue weighted by Gasteiger charge is 2.51. The van der Waals surface area contributed by atoms with E-state index in [2.05, 4.69) is 65.8 Å². The zero-order chi connectivity index (χ0) is 14.7. The van der Waals surface area contributed by atoms with Gasteiger partial charge in [0.2, 0.25) is 0 Å². The van der Waals surface area contributed by atoms with Crippen LogP contribution in [0.3, 0.4) is 0 Å². The molecule has 2 nitrogen and oxygen atoms in total. The van der Waals surface area contributed by atoms with Crippen LogP contribution < -0.4 is 5.84 Å². The second kappa shape index (κ2) is 4.31. The number of thioether (sulfide) groups is 2. The van der Waals surface area contributed by atoms with Crippen LogP contribution in [0.2, 0.25) is 0 Å². The monoisotopic (exact) mass is 320 g/mol. The Kier molecular flexibility index (Phi) is 2.47. The van der Waals surface area contributed by atoms with Crippen LogP contribution in [0, 0.1) is 0 Å². The molecule has 106 valence electrons. The number of fused-ring (bicyclic) bond motifs is 2. The number of hydrazone groups is 1. The molecular weight excluding hydrogens is 308 g/mol. The molecule has 2 N–H and O–H groups in total. The van der Waals surface area contributed by atoms with Crippen molar-refractivity contribution < 1.29 is 0 Å². The van der Waals surface area contributed by atoms with E-state index in [9.17, 15) is 0 Å². The van der Waals surface area contributed by atoms with Crippen molar-refractivity contribution in [2.45, 2.75) is 13.9 Å². The van der Waals surface area contributed by atoms with Crippen molar-refractivity contribution >= 4 is 40.0 Å². The number of benzene rings is 3. The summed E-state index contributed by atoms with van der Waals surface area (Å²) in [6.45, 7) is 0. The van der Waals surface area contributed by atoms with Crippen molar-refractivity contribution in [3.63, 3.8) is 0 Å². The molecule has 0 fully saturated rings. The van der Waals surface area contributed by atoms with Crippen LogP contribution >= 0.6 is 23.5 Å². The Labute approximate surface area is 136 Å². The first-order chi connectivity index (χ1) is 10.8. The Balaban J connectivity index is 1.85. The van der Waals surface area contributed by atoms with Crippen LogP contribution in [0.15, 0.2) is 75.6 Å². The number of hydrogen-bond donors (Lipinski definition) is 1. The van der Waals surface area contributed by atoms with Crippen LogP contribution in [-0.2, 0) is 4.08 Å². The molecule has 0 aromatic heterocycles. The minimum Gasteiger partial charge on any atom is -0.323 e. The van der Waals surface area contributed by atoms with Gasteiger partial charge in [0, 0.05) is 15.4 Å². The van der Waals surface area contributed by atoms with Gasteiger partial charge in [0.1, 0.15) is 4.08 Å². The summed E-state index contributed by atoms with van der Waals surface area (Å²) < 4.78 is -0.248. The smallest absolute Gasteiger partial charge is 0.140 e. The molecule has 1 aliphatic heterocycles. The summed E-state index contributed by atoms with van der Waals surface area (Å²) in [5.74, 6) is 5.84. The molecule has 1 aliphatic carbocycles. The molecule has 5 rings (SSSR count). The van der Waals surface area contributed by atoms with E-state index in [4.69, 9.17) is 5.84 Å². The summed E-state index contributed by atoms with van der Waals surface area (Å²) >= 11 is 3.72. The molecule has 0 radical (unpaired) electrons. The molecule has 4 heteroatoms. The summed E-state index contributed by atoms with van der Waals surface area (Å²) in [4.78, 5) is 2.61. The van der Waals surface area contributed by atoms with Crippen molar-refractivity contribution in [3.8, 4) is 0 Å². The summed E-state index contributed by atoms with van der Waals surface area (Å²) in [5, 5.41) is 6.77. The molecular formula is C18H12N2S2. The third-order valence-electron chi connectivity index (χ3n) is 4.31. The molecule has 0 atom stereocenters. The van der Waals surface area contributed by atoms with E-state index < -0.39 is 0 Å². The van der Waals surface area contributed by atoms with Crippen molar-refractivity contribution in [2.75, 3.05) is 0 Å². The first kappa shape index (κ1) is 12.6. The molecule has 3 aromatic carbocycles. The van der Waals surface area contributed by atoms with Gasteiger partial charge in [-0.2, -0.15) is 5.10 Å². The Morgan fingerprint density at radius 1 is 0.818 bits per heavy atom. The minimum absolute atomic E-state index is 0.248. The summed E-state index contributed by atoms with van der Waals surface area (Å²) in [6.07, 6.45) is 0. The summed E-state index contributed by atoms with van der Waals surface area (Å²) in [6, 6.07) is 21.4. The van der Waals surface area contributed by atoms with Gasteiger partial charge < -0.3 is 5.84 Å². The van der Waals surface area contributed by atoms with E-state index in [1.807, 2.05) is 23.5 Å². The Morgan fingerprint density at radius 3 is 2.18 bits per heavy atom. The maximum absolute atomic E-state index is 5.84. The largest absolute Gasteiger partial charge is 0.323 e. The van der Waals surface area contributed by atoms with Crippen LogP contribution in [0.1, 0.15) is 11.1 Å². The molecule has 2 aliphatic rings. The Morgan fingerprint density at radius 2 is 1.50 bits per heavy atom. The highest BCUT2D eigenvalue weighted by Crippen LogP contribution is 2.66. The minimum atomic E-state index is -0.248. The van der Waals surface area contributed by atoms with Gasteiger partial charge in [-0.15, -0.1) is 0 Å². The standard InChI is InChI=1S/C18H12N2S2/c19-20-17-12-7-3-5-11-6-4-8-13(16(11)12)18(17)21-14-9-1-2-10-15(14)22-18/h1-10H,19H2/b20-17+. The normalized spacial score (nSPS) is 19.2. The van der Waals surface area contributed by atoms with Crippen LogP contribution in [0.25, 0.3) is 10.8 Å². The first-order valence-corrected chi connectivity index (χ1v) is 8.75. The van der Waals surface area contributed by atoms with E-state index in [0.29, 0.717) is 0 Å². The number of nitrogens with zero attached hydrogens (tertiary/aromatic N) is 1. The van der Waals surface area contributed by atoms with Crippen molar-refractivity contribution in [2.24, 2.45) is 10.9 Å². The molecule has 0 amide bonds. The lowest BCUT2D eigenvalue weighted by atomic mass is 10.1. The molecule has 0 saturated carbocycles. The maximum Gasteiger partial charge on any atom is 0.140 e. The molecule has 0 bridgehead atoms. The van der Waals surface area contributed by atoms with Crippen molar-refractivity contribution in [1.82, 2.24) is 0 Å². The van der Waals surface area contributed by atoms with Gasteiger partial charge in [-0.05, 0) is 28.5 Å². The molecule has 1 heterocycles. The molecule has 3 aromatic rings. The lowest BCUT2D eigenvalue weighted by molar-refractivity contribution is 1.17.